The Morgan fingerprint density at radius 1 is 1.40 bits per heavy atom. The highest BCUT2D eigenvalue weighted by Crippen LogP contribution is 2.19. The van der Waals surface area contributed by atoms with Crippen molar-refractivity contribution < 1.29 is 14.6 Å². The smallest absolute Gasteiger partial charge is 0.320 e. The molecule has 1 aromatic carbocycles. The van der Waals surface area contributed by atoms with Crippen LogP contribution in [0.25, 0.3) is 10.9 Å². The molecule has 1 aliphatic rings. The van der Waals surface area contributed by atoms with Gasteiger partial charge >= 0.3 is 5.97 Å². The quantitative estimate of drug-likeness (QED) is 0.884. The Morgan fingerprint density at radius 2 is 2.25 bits per heavy atom. The van der Waals surface area contributed by atoms with Crippen LogP contribution in [0, 0.1) is 0 Å². The molecule has 1 saturated heterocycles. The molecule has 0 saturated carbocycles. The van der Waals surface area contributed by atoms with Crippen LogP contribution >= 0.6 is 0 Å². The molecule has 5 nitrogen and oxygen atoms in total. The molecule has 2 atom stereocenters. The van der Waals surface area contributed by atoms with Gasteiger partial charge in [-0.3, -0.25) is 9.78 Å². The van der Waals surface area contributed by atoms with Gasteiger partial charge in [-0.25, -0.2) is 0 Å². The number of nitrogens with zero attached hydrogens (tertiary/aromatic N) is 1. The molecular weight excluding hydrogens is 256 g/mol. The van der Waals surface area contributed by atoms with Crippen LogP contribution in [0.5, 0.6) is 0 Å². The van der Waals surface area contributed by atoms with Gasteiger partial charge in [0, 0.05) is 30.1 Å². The zero-order chi connectivity index (χ0) is 13.9. The summed E-state index contributed by atoms with van der Waals surface area (Å²) in [7, 11) is 0. The zero-order valence-corrected chi connectivity index (χ0v) is 11.0. The first-order chi connectivity index (χ1) is 9.74. The molecule has 0 amide bonds. The number of carboxylic acids is 1. The number of rotatable bonds is 4. The van der Waals surface area contributed by atoms with Crippen molar-refractivity contribution in [3.8, 4) is 0 Å². The fourth-order valence-electron chi connectivity index (χ4n) is 2.51. The molecule has 2 heterocycles. The molecule has 0 spiro atoms. The average Bonchev–Trinajstić information content (AvgIpc) is 2.94. The number of fused-ring (bicyclic) bond motifs is 1. The predicted octanol–water partition coefficient (Wildman–Crippen LogP) is 1.57. The Kier molecular flexibility index (Phi) is 3.62. The number of ether oxygens (including phenoxy) is 1. The van der Waals surface area contributed by atoms with E-state index in [0.717, 1.165) is 16.5 Å². The van der Waals surface area contributed by atoms with Crippen LogP contribution in [-0.4, -0.2) is 34.8 Å². The lowest BCUT2D eigenvalue weighted by Crippen LogP contribution is -2.29. The molecule has 0 unspecified atom stereocenters. The third kappa shape index (κ3) is 2.64. The van der Waals surface area contributed by atoms with E-state index in [2.05, 4.69) is 10.3 Å². The van der Waals surface area contributed by atoms with E-state index in [4.69, 9.17) is 9.84 Å². The highest BCUT2D eigenvalue weighted by atomic mass is 16.5. The van der Waals surface area contributed by atoms with Gasteiger partial charge in [0.2, 0.25) is 0 Å². The number of hydrogen-bond acceptors (Lipinski definition) is 4. The molecule has 1 aliphatic heterocycles. The number of pyridine rings is 1. The lowest BCUT2D eigenvalue weighted by atomic mass is 10.1. The fourth-order valence-corrected chi connectivity index (χ4v) is 2.51. The van der Waals surface area contributed by atoms with Gasteiger partial charge in [-0.1, -0.05) is 24.3 Å². The molecule has 0 radical (unpaired) electrons. The van der Waals surface area contributed by atoms with E-state index >= 15 is 0 Å². The number of aliphatic carboxylic acids is 1. The third-order valence-corrected chi connectivity index (χ3v) is 3.58. The zero-order valence-electron chi connectivity index (χ0n) is 11.0. The maximum Gasteiger partial charge on any atom is 0.320 e. The number of carbonyl (C=O) groups is 1. The number of hydrogen-bond donors (Lipinski definition) is 2. The Hall–Kier alpha value is -1.98. The second-order valence-electron chi connectivity index (χ2n) is 4.96. The number of benzene rings is 1. The van der Waals surface area contributed by atoms with Gasteiger partial charge in [0.15, 0.2) is 0 Å². The van der Waals surface area contributed by atoms with E-state index < -0.39 is 12.0 Å². The molecule has 0 bridgehead atoms. The summed E-state index contributed by atoms with van der Waals surface area (Å²) in [4.78, 5) is 15.2. The number of carboxylic acid groups (broad SMARTS) is 1. The Bertz CT molecular complexity index is 624. The lowest BCUT2D eigenvalue weighted by Gasteiger charge is -2.11. The van der Waals surface area contributed by atoms with Crippen LogP contribution in [0.1, 0.15) is 12.0 Å². The Labute approximate surface area is 116 Å². The highest BCUT2D eigenvalue weighted by molar-refractivity contribution is 5.81. The molecule has 104 valence electrons. The van der Waals surface area contributed by atoms with Gasteiger partial charge in [0.05, 0.1) is 18.2 Å². The third-order valence-electron chi connectivity index (χ3n) is 3.58. The van der Waals surface area contributed by atoms with Crippen LogP contribution in [0.15, 0.2) is 36.5 Å². The number of aromatic nitrogens is 1. The van der Waals surface area contributed by atoms with Crippen LogP contribution in [0.2, 0.25) is 0 Å². The maximum atomic E-state index is 10.9. The summed E-state index contributed by atoms with van der Waals surface area (Å²) in [6, 6.07) is 9.42. The summed E-state index contributed by atoms with van der Waals surface area (Å²) in [6.07, 6.45) is 2.21. The van der Waals surface area contributed by atoms with Crippen LogP contribution in [0.4, 0.5) is 0 Å². The van der Waals surface area contributed by atoms with Gasteiger partial charge in [-0.15, -0.1) is 0 Å². The van der Waals surface area contributed by atoms with E-state index in [1.807, 2.05) is 30.3 Å². The summed E-state index contributed by atoms with van der Waals surface area (Å²) in [6.45, 7) is 1.03. The van der Waals surface area contributed by atoms with Crippen molar-refractivity contribution in [3.05, 3.63) is 42.1 Å². The Balaban J connectivity index is 1.67. The molecule has 2 aromatic rings. The maximum absolute atomic E-state index is 10.9. The van der Waals surface area contributed by atoms with Gasteiger partial charge in [-0.2, -0.15) is 0 Å². The molecule has 0 aliphatic carbocycles. The van der Waals surface area contributed by atoms with E-state index in [1.165, 1.54) is 0 Å². The molecule has 1 fully saturated rings. The highest BCUT2D eigenvalue weighted by Gasteiger charge is 2.29. The molecule has 1 aromatic heterocycles. The molecule has 5 heteroatoms. The van der Waals surface area contributed by atoms with Crippen molar-refractivity contribution in [2.45, 2.75) is 25.2 Å². The normalized spacial score (nSPS) is 22.2. The van der Waals surface area contributed by atoms with Crippen molar-refractivity contribution in [2.75, 3.05) is 6.54 Å². The summed E-state index contributed by atoms with van der Waals surface area (Å²) < 4.78 is 5.81. The Morgan fingerprint density at radius 3 is 3.05 bits per heavy atom. The van der Waals surface area contributed by atoms with E-state index in [1.54, 1.807) is 6.20 Å². The SMILES string of the molecule is O=C(O)[C@@H]1C[C@H](OCc2cccc3cccnc23)CN1. The summed E-state index contributed by atoms with van der Waals surface area (Å²) in [5.74, 6) is -0.817. The summed E-state index contributed by atoms with van der Waals surface area (Å²) in [5, 5.41) is 13.0. The van der Waals surface area contributed by atoms with Gasteiger partial charge < -0.3 is 15.2 Å². The minimum Gasteiger partial charge on any atom is -0.480 e. The van der Waals surface area contributed by atoms with Crippen molar-refractivity contribution in [1.29, 1.82) is 0 Å². The first-order valence-corrected chi connectivity index (χ1v) is 6.64. The minimum absolute atomic E-state index is 0.0601. The average molecular weight is 272 g/mol. The van der Waals surface area contributed by atoms with Gasteiger partial charge in [0.25, 0.3) is 0 Å². The summed E-state index contributed by atoms with van der Waals surface area (Å²) in [5.41, 5.74) is 1.97. The van der Waals surface area contributed by atoms with Gasteiger partial charge in [0.1, 0.15) is 6.04 Å². The van der Waals surface area contributed by atoms with Crippen molar-refractivity contribution in [1.82, 2.24) is 10.3 Å². The second-order valence-corrected chi connectivity index (χ2v) is 4.96. The van der Waals surface area contributed by atoms with Crippen molar-refractivity contribution in [2.24, 2.45) is 0 Å². The van der Waals surface area contributed by atoms with Crippen molar-refractivity contribution in [3.63, 3.8) is 0 Å². The first kappa shape index (κ1) is 13.0. The molecule has 3 rings (SSSR count). The van der Waals surface area contributed by atoms with Crippen LogP contribution in [-0.2, 0) is 16.1 Å². The largest absolute Gasteiger partial charge is 0.480 e. The van der Waals surface area contributed by atoms with Crippen molar-refractivity contribution >= 4 is 16.9 Å². The topological polar surface area (TPSA) is 71.5 Å². The molecular formula is C15H16N2O3. The van der Waals surface area contributed by atoms with E-state index in [0.29, 0.717) is 19.6 Å². The molecule has 2 N–H and O–H groups in total. The van der Waals surface area contributed by atoms with E-state index in [-0.39, 0.29) is 6.10 Å². The van der Waals surface area contributed by atoms with E-state index in [9.17, 15) is 4.79 Å². The fraction of sp³-hybridized carbons (Fsp3) is 0.333. The molecule has 20 heavy (non-hydrogen) atoms. The minimum atomic E-state index is -0.817. The van der Waals surface area contributed by atoms with Crippen LogP contribution < -0.4 is 5.32 Å². The lowest BCUT2D eigenvalue weighted by molar-refractivity contribution is -0.139. The summed E-state index contributed by atoms with van der Waals surface area (Å²) >= 11 is 0. The monoisotopic (exact) mass is 272 g/mol. The van der Waals surface area contributed by atoms with Crippen LogP contribution in [0.3, 0.4) is 0 Å². The standard InChI is InChI=1S/C15H16N2O3/c18-15(19)13-7-12(8-17-13)20-9-11-4-1-3-10-5-2-6-16-14(10)11/h1-6,12-13,17H,7-9H2,(H,18,19)/t12-,13-/m0/s1. The van der Waals surface area contributed by atoms with Gasteiger partial charge in [-0.05, 0) is 6.07 Å². The second kappa shape index (κ2) is 5.56. The first-order valence-electron chi connectivity index (χ1n) is 6.64. The number of nitrogens with one attached hydrogen (secondary N) is 1. The number of para-hydroxylation sites is 1. The predicted molar refractivity (Wildman–Crippen MR) is 74.4 cm³/mol.